The predicted molar refractivity (Wildman–Crippen MR) is 69.9 cm³/mol. The van der Waals surface area contributed by atoms with Gasteiger partial charge < -0.3 is 5.73 Å². The van der Waals surface area contributed by atoms with Gasteiger partial charge >= 0.3 is 0 Å². The molecule has 20 heavy (non-hydrogen) atoms. The van der Waals surface area contributed by atoms with Gasteiger partial charge in [-0.3, -0.25) is 4.68 Å². The molecule has 0 aliphatic rings. The maximum atomic E-state index is 13.2. The molecule has 2 rings (SSSR count). The van der Waals surface area contributed by atoms with Gasteiger partial charge in [-0.05, 0) is 24.6 Å². The van der Waals surface area contributed by atoms with Crippen LogP contribution in [0.15, 0.2) is 12.1 Å². The molecule has 0 spiro atoms. The summed E-state index contributed by atoms with van der Waals surface area (Å²) in [5.74, 6) is -4.03. The Hall–Kier alpha value is -1.53. The Morgan fingerprint density at radius 1 is 1.30 bits per heavy atom. The van der Waals surface area contributed by atoms with Crippen LogP contribution < -0.4 is 5.73 Å². The van der Waals surface area contributed by atoms with Gasteiger partial charge in [-0.2, -0.15) is 5.10 Å². The summed E-state index contributed by atoms with van der Waals surface area (Å²) < 4.78 is 40.8. The fourth-order valence-corrected chi connectivity index (χ4v) is 2.25. The number of benzene rings is 1. The van der Waals surface area contributed by atoms with Crippen LogP contribution in [0.1, 0.15) is 23.0 Å². The van der Waals surface area contributed by atoms with E-state index in [9.17, 15) is 13.2 Å². The van der Waals surface area contributed by atoms with E-state index < -0.39 is 23.5 Å². The summed E-state index contributed by atoms with van der Waals surface area (Å²) >= 11 is 6.09. The number of aromatic nitrogens is 2. The van der Waals surface area contributed by atoms with Gasteiger partial charge in [-0.25, -0.2) is 13.2 Å². The molecule has 1 heterocycles. The molecule has 1 atom stereocenters. The van der Waals surface area contributed by atoms with Gasteiger partial charge in [0.25, 0.3) is 0 Å². The van der Waals surface area contributed by atoms with E-state index in [4.69, 9.17) is 17.3 Å². The number of halogens is 4. The van der Waals surface area contributed by atoms with Crippen LogP contribution >= 0.6 is 11.6 Å². The molecular weight excluding hydrogens is 291 g/mol. The van der Waals surface area contributed by atoms with E-state index in [0.29, 0.717) is 16.4 Å². The number of nitrogens with zero attached hydrogens (tertiary/aromatic N) is 2. The normalized spacial score (nSPS) is 12.8. The Balaban J connectivity index is 2.31. The van der Waals surface area contributed by atoms with Gasteiger partial charge in [0.1, 0.15) is 0 Å². The second-order valence-corrected chi connectivity index (χ2v) is 4.96. The van der Waals surface area contributed by atoms with Gasteiger partial charge in [-0.15, -0.1) is 0 Å². The van der Waals surface area contributed by atoms with E-state index in [2.05, 4.69) is 5.10 Å². The maximum absolute atomic E-state index is 13.2. The number of hydrogen-bond donors (Lipinski definition) is 1. The summed E-state index contributed by atoms with van der Waals surface area (Å²) in [5.41, 5.74) is 7.37. The molecule has 1 unspecified atom stereocenters. The van der Waals surface area contributed by atoms with Gasteiger partial charge in [0.15, 0.2) is 17.5 Å². The Morgan fingerprint density at radius 2 is 1.85 bits per heavy atom. The minimum atomic E-state index is -1.50. The van der Waals surface area contributed by atoms with Gasteiger partial charge in [-0.1, -0.05) is 11.6 Å². The highest BCUT2D eigenvalue weighted by atomic mass is 35.5. The quantitative estimate of drug-likeness (QED) is 0.886. The van der Waals surface area contributed by atoms with Crippen LogP contribution in [-0.4, -0.2) is 9.78 Å². The van der Waals surface area contributed by atoms with Crippen molar-refractivity contribution >= 4 is 11.6 Å². The van der Waals surface area contributed by atoms with Crippen molar-refractivity contribution in [3.05, 3.63) is 51.6 Å². The van der Waals surface area contributed by atoms with Gasteiger partial charge in [0, 0.05) is 19.5 Å². The average molecular weight is 304 g/mol. The van der Waals surface area contributed by atoms with Crippen LogP contribution in [0.5, 0.6) is 0 Å². The molecule has 1 aromatic heterocycles. The highest BCUT2D eigenvalue weighted by Gasteiger charge is 2.19. The number of rotatable bonds is 3. The molecule has 2 N–H and O–H groups in total. The Bertz CT molecular complexity index is 632. The summed E-state index contributed by atoms with van der Waals surface area (Å²) in [6, 6.07) is 1.06. The molecule has 0 fully saturated rings. The topological polar surface area (TPSA) is 43.8 Å². The van der Waals surface area contributed by atoms with Crippen LogP contribution in [0.3, 0.4) is 0 Å². The first-order valence-corrected chi connectivity index (χ1v) is 6.27. The minimum Gasteiger partial charge on any atom is -0.324 e. The van der Waals surface area contributed by atoms with Crippen molar-refractivity contribution < 1.29 is 13.2 Å². The van der Waals surface area contributed by atoms with Crippen molar-refractivity contribution in [2.45, 2.75) is 19.4 Å². The van der Waals surface area contributed by atoms with E-state index in [1.807, 2.05) is 0 Å². The van der Waals surface area contributed by atoms with Gasteiger partial charge in [0.05, 0.1) is 16.4 Å². The zero-order chi connectivity index (χ0) is 15.0. The molecule has 0 amide bonds. The first-order chi connectivity index (χ1) is 9.31. The first kappa shape index (κ1) is 14.9. The molecule has 3 nitrogen and oxygen atoms in total. The fourth-order valence-electron chi connectivity index (χ4n) is 2.02. The standard InChI is InChI=1S/C13H13ClF3N3/c1-6-12(14)11(20(2)19-6)5-10(18)7-3-8(15)13(17)9(16)4-7/h3-4,10H,5,18H2,1-2H3. The summed E-state index contributed by atoms with van der Waals surface area (Å²) in [7, 11) is 1.70. The summed E-state index contributed by atoms with van der Waals surface area (Å²) in [6.45, 7) is 1.74. The lowest BCUT2D eigenvalue weighted by molar-refractivity contribution is 0.443. The number of hydrogen-bond acceptors (Lipinski definition) is 2. The van der Waals surface area contributed by atoms with Gasteiger partial charge in [0.2, 0.25) is 0 Å². The smallest absolute Gasteiger partial charge is 0.194 e. The van der Waals surface area contributed by atoms with Crippen LogP contribution in [-0.2, 0) is 13.5 Å². The van der Waals surface area contributed by atoms with Crippen molar-refractivity contribution in [3.8, 4) is 0 Å². The average Bonchev–Trinajstić information content (AvgIpc) is 2.62. The lowest BCUT2D eigenvalue weighted by atomic mass is 10.0. The van der Waals surface area contributed by atoms with E-state index in [-0.39, 0.29) is 12.0 Å². The van der Waals surface area contributed by atoms with Crippen LogP contribution in [0.4, 0.5) is 13.2 Å². The molecule has 1 aromatic carbocycles. The van der Waals surface area contributed by atoms with Crippen molar-refractivity contribution in [2.75, 3.05) is 0 Å². The minimum absolute atomic E-state index is 0.163. The van der Waals surface area contributed by atoms with E-state index in [0.717, 1.165) is 12.1 Å². The molecule has 108 valence electrons. The Morgan fingerprint density at radius 3 is 2.30 bits per heavy atom. The predicted octanol–water partition coefficient (Wildman–Crippen LogP) is 3.04. The molecule has 0 saturated carbocycles. The van der Waals surface area contributed by atoms with E-state index >= 15 is 0 Å². The number of aryl methyl sites for hydroxylation is 2. The molecule has 0 aliphatic carbocycles. The molecule has 7 heteroatoms. The highest BCUT2D eigenvalue weighted by molar-refractivity contribution is 6.31. The van der Waals surface area contributed by atoms with Crippen LogP contribution in [0, 0.1) is 24.4 Å². The lowest BCUT2D eigenvalue weighted by Crippen LogP contribution is -2.16. The zero-order valence-corrected chi connectivity index (χ0v) is 11.7. The largest absolute Gasteiger partial charge is 0.324 e. The van der Waals surface area contributed by atoms with Crippen LogP contribution in [0.2, 0.25) is 5.02 Å². The molecule has 0 bridgehead atoms. The van der Waals surface area contributed by atoms with Crippen molar-refractivity contribution in [1.82, 2.24) is 9.78 Å². The third-order valence-electron chi connectivity index (χ3n) is 3.11. The Kier molecular flexibility index (Phi) is 4.06. The second kappa shape index (κ2) is 5.46. The monoisotopic (exact) mass is 303 g/mol. The molecule has 2 aromatic rings. The van der Waals surface area contributed by atoms with E-state index in [1.54, 1.807) is 18.7 Å². The van der Waals surface area contributed by atoms with Crippen molar-refractivity contribution in [1.29, 1.82) is 0 Å². The summed E-state index contributed by atoms with van der Waals surface area (Å²) in [5, 5.41) is 4.59. The molecule has 0 radical (unpaired) electrons. The fraction of sp³-hybridized carbons (Fsp3) is 0.308. The molecule has 0 saturated heterocycles. The number of nitrogens with two attached hydrogens (primary N) is 1. The van der Waals surface area contributed by atoms with Crippen molar-refractivity contribution in [2.24, 2.45) is 12.8 Å². The maximum Gasteiger partial charge on any atom is 0.194 e. The first-order valence-electron chi connectivity index (χ1n) is 5.89. The molecule has 0 aliphatic heterocycles. The van der Waals surface area contributed by atoms with Crippen molar-refractivity contribution in [3.63, 3.8) is 0 Å². The van der Waals surface area contributed by atoms with Crippen LogP contribution in [0.25, 0.3) is 0 Å². The third-order valence-corrected chi connectivity index (χ3v) is 3.60. The van der Waals surface area contributed by atoms with E-state index in [1.165, 1.54) is 0 Å². The summed E-state index contributed by atoms with van der Waals surface area (Å²) in [4.78, 5) is 0. The summed E-state index contributed by atoms with van der Waals surface area (Å²) in [6.07, 6.45) is 0.237. The zero-order valence-electron chi connectivity index (χ0n) is 10.9. The lowest BCUT2D eigenvalue weighted by Gasteiger charge is -2.13. The SMILES string of the molecule is Cc1nn(C)c(CC(N)c2cc(F)c(F)c(F)c2)c1Cl. The Labute approximate surface area is 119 Å². The second-order valence-electron chi connectivity index (χ2n) is 4.58. The highest BCUT2D eigenvalue weighted by Crippen LogP contribution is 2.25. The molecular formula is C13H13ClF3N3. The third kappa shape index (κ3) is 2.66.